The van der Waals surface area contributed by atoms with Crippen LogP contribution < -0.4 is 5.73 Å². The number of rotatable bonds is 5. The molecule has 0 aliphatic heterocycles. The third-order valence-corrected chi connectivity index (χ3v) is 3.61. The number of halogens is 1. The molecule has 2 N–H and O–H groups in total. The van der Waals surface area contributed by atoms with E-state index in [0.29, 0.717) is 17.0 Å². The number of anilines is 1. The van der Waals surface area contributed by atoms with Crippen LogP contribution in [-0.4, -0.2) is 21.1 Å². The van der Waals surface area contributed by atoms with Crippen LogP contribution in [0.2, 0.25) is 0 Å². The standard InChI is InChI=1S/C12H16FN3S/c1-2-17-8-4-7-16-11-9(13)5-3-6-10(11)15-12(16)14/h3,5-6H,2,4,7-8H2,1H3,(H2,14,15). The number of aromatic nitrogens is 2. The summed E-state index contributed by atoms with van der Waals surface area (Å²) in [7, 11) is 0. The van der Waals surface area contributed by atoms with Gasteiger partial charge in [-0.05, 0) is 30.1 Å². The smallest absolute Gasteiger partial charge is 0.201 e. The van der Waals surface area contributed by atoms with Crippen LogP contribution in [0.25, 0.3) is 11.0 Å². The molecule has 0 spiro atoms. The lowest BCUT2D eigenvalue weighted by Gasteiger charge is -2.06. The Labute approximate surface area is 104 Å². The first kappa shape index (κ1) is 12.2. The number of benzene rings is 1. The lowest BCUT2D eigenvalue weighted by atomic mass is 10.3. The van der Waals surface area contributed by atoms with Crippen molar-refractivity contribution in [1.29, 1.82) is 0 Å². The highest BCUT2D eigenvalue weighted by molar-refractivity contribution is 7.99. The largest absolute Gasteiger partial charge is 0.369 e. The zero-order valence-electron chi connectivity index (χ0n) is 9.82. The fraction of sp³-hybridized carbons (Fsp3) is 0.417. The number of nitrogens with two attached hydrogens (primary N) is 1. The zero-order valence-corrected chi connectivity index (χ0v) is 10.6. The van der Waals surface area contributed by atoms with Gasteiger partial charge < -0.3 is 10.3 Å². The Morgan fingerprint density at radius 1 is 1.47 bits per heavy atom. The molecule has 0 fully saturated rings. The van der Waals surface area contributed by atoms with Gasteiger partial charge in [0.05, 0.1) is 5.52 Å². The fourth-order valence-electron chi connectivity index (χ4n) is 1.86. The van der Waals surface area contributed by atoms with Gasteiger partial charge in [0.1, 0.15) is 11.3 Å². The van der Waals surface area contributed by atoms with Gasteiger partial charge in [-0.2, -0.15) is 11.8 Å². The van der Waals surface area contributed by atoms with E-state index in [2.05, 4.69) is 11.9 Å². The predicted molar refractivity (Wildman–Crippen MR) is 71.7 cm³/mol. The first-order valence-corrected chi connectivity index (χ1v) is 6.87. The van der Waals surface area contributed by atoms with Crippen LogP contribution in [0, 0.1) is 5.82 Å². The molecule has 0 amide bonds. The monoisotopic (exact) mass is 253 g/mol. The van der Waals surface area contributed by atoms with Crippen LogP contribution in [0.15, 0.2) is 18.2 Å². The van der Waals surface area contributed by atoms with E-state index >= 15 is 0 Å². The van der Waals surface area contributed by atoms with E-state index in [1.807, 2.05) is 11.8 Å². The van der Waals surface area contributed by atoms with Crippen molar-refractivity contribution >= 4 is 28.7 Å². The maximum absolute atomic E-state index is 13.7. The van der Waals surface area contributed by atoms with Crippen LogP contribution >= 0.6 is 11.8 Å². The summed E-state index contributed by atoms with van der Waals surface area (Å²) in [4.78, 5) is 4.17. The third kappa shape index (κ3) is 2.54. The first-order valence-electron chi connectivity index (χ1n) is 5.72. The summed E-state index contributed by atoms with van der Waals surface area (Å²) >= 11 is 1.88. The number of imidazole rings is 1. The molecule has 0 aliphatic rings. The Morgan fingerprint density at radius 3 is 3.06 bits per heavy atom. The van der Waals surface area contributed by atoms with Crippen LogP contribution in [0.5, 0.6) is 0 Å². The lowest BCUT2D eigenvalue weighted by Crippen LogP contribution is -2.05. The van der Waals surface area contributed by atoms with E-state index < -0.39 is 0 Å². The molecule has 0 unspecified atom stereocenters. The number of nitrogen functional groups attached to an aromatic ring is 1. The van der Waals surface area contributed by atoms with E-state index in [9.17, 15) is 4.39 Å². The molecule has 0 radical (unpaired) electrons. The van der Waals surface area contributed by atoms with Crippen molar-refractivity contribution in [1.82, 2.24) is 9.55 Å². The van der Waals surface area contributed by atoms with Gasteiger partial charge in [0.15, 0.2) is 0 Å². The van der Waals surface area contributed by atoms with Crippen molar-refractivity contribution in [2.75, 3.05) is 17.2 Å². The summed E-state index contributed by atoms with van der Waals surface area (Å²) in [6.07, 6.45) is 0.975. The van der Waals surface area contributed by atoms with Gasteiger partial charge in [-0.25, -0.2) is 9.37 Å². The molecule has 5 heteroatoms. The summed E-state index contributed by atoms with van der Waals surface area (Å²) in [5.41, 5.74) is 6.97. The van der Waals surface area contributed by atoms with Crippen molar-refractivity contribution in [3.8, 4) is 0 Å². The Morgan fingerprint density at radius 2 is 2.29 bits per heavy atom. The Balaban J connectivity index is 2.23. The van der Waals surface area contributed by atoms with Gasteiger partial charge in [-0.1, -0.05) is 13.0 Å². The fourth-order valence-corrected chi connectivity index (χ4v) is 2.48. The van der Waals surface area contributed by atoms with Gasteiger partial charge >= 0.3 is 0 Å². The Hall–Kier alpha value is -1.23. The number of hydrogen-bond acceptors (Lipinski definition) is 3. The Bertz CT molecular complexity index is 510. The molecular formula is C12H16FN3S. The zero-order chi connectivity index (χ0) is 12.3. The van der Waals surface area contributed by atoms with Crippen LogP contribution in [-0.2, 0) is 6.54 Å². The second-order valence-electron chi connectivity index (χ2n) is 3.78. The van der Waals surface area contributed by atoms with Crippen molar-refractivity contribution < 1.29 is 4.39 Å². The molecule has 3 nitrogen and oxygen atoms in total. The number of fused-ring (bicyclic) bond motifs is 1. The number of hydrogen-bond donors (Lipinski definition) is 1. The molecular weight excluding hydrogens is 237 g/mol. The molecule has 1 aromatic carbocycles. The van der Waals surface area contributed by atoms with E-state index in [-0.39, 0.29) is 5.82 Å². The highest BCUT2D eigenvalue weighted by Crippen LogP contribution is 2.21. The average molecular weight is 253 g/mol. The van der Waals surface area contributed by atoms with E-state index in [0.717, 1.165) is 24.5 Å². The van der Waals surface area contributed by atoms with Crippen molar-refractivity contribution in [3.63, 3.8) is 0 Å². The van der Waals surface area contributed by atoms with Crippen molar-refractivity contribution in [2.24, 2.45) is 0 Å². The molecule has 0 atom stereocenters. The maximum atomic E-state index is 13.7. The molecule has 2 aromatic rings. The minimum absolute atomic E-state index is 0.255. The summed E-state index contributed by atoms with van der Waals surface area (Å²) in [6.45, 7) is 2.85. The number of nitrogens with zero attached hydrogens (tertiary/aromatic N) is 2. The third-order valence-electron chi connectivity index (χ3n) is 2.62. The van der Waals surface area contributed by atoms with Crippen LogP contribution in [0.1, 0.15) is 13.3 Å². The maximum Gasteiger partial charge on any atom is 0.201 e. The SMILES string of the molecule is CCSCCCn1c(N)nc2cccc(F)c21. The summed E-state index contributed by atoms with van der Waals surface area (Å²) < 4.78 is 15.5. The lowest BCUT2D eigenvalue weighted by molar-refractivity contribution is 0.620. The van der Waals surface area contributed by atoms with Gasteiger partial charge in [0.25, 0.3) is 0 Å². The Kier molecular flexibility index (Phi) is 3.89. The molecule has 2 rings (SSSR count). The van der Waals surface area contributed by atoms with Crippen LogP contribution in [0.4, 0.5) is 10.3 Å². The molecule has 0 bridgehead atoms. The van der Waals surface area contributed by atoms with Gasteiger partial charge in [0.2, 0.25) is 5.95 Å². The molecule has 1 aromatic heterocycles. The normalized spacial score (nSPS) is 11.2. The van der Waals surface area contributed by atoms with Crippen molar-refractivity contribution in [3.05, 3.63) is 24.0 Å². The highest BCUT2D eigenvalue weighted by atomic mass is 32.2. The number of para-hydroxylation sites is 1. The van der Waals surface area contributed by atoms with E-state index in [1.54, 1.807) is 16.7 Å². The molecule has 0 saturated heterocycles. The molecule has 17 heavy (non-hydrogen) atoms. The second-order valence-corrected chi connectivity index (χ2v) is 5.17. The second kappa shape index (κ2) is 5.40. The molecule has 92 valence electrons. The summed E-state index contributed by atoms with van der Waals surface area (Å²) in [6, 6.07) is 4.88. The predicted octanol–water partition coefficient (Wildman–Crippen LogP) is 2.90. The molecule has 1 heterocycles. The topological polar surface area (TPSA) is 43.8 Å². The van der Waals surface area contributed by atoms with Gasteiger partial charge in [-0.15, -0.1) is 0 Å². The first-order chi connectivity index (χ1) is 8.24. The molecule has 0 saturated carbocycles. The highest BCUT2D eigenvalue weighted by Gasteiger charge is 2.11. The minimum atomic E-state index is -0.255. The van der Waals surface area contributed by atoms with Gasteiger partial charge in [0, 0.05) is 6.54 Å². The average Bonchev–Trinajstić information content (AvgIpc) is 2.62. The summed E-state index contributed by atoms with van der Waals surface area (Å²) in [5, 5.41) is 0. The minimum Gasteiger partial charge on any atom is -0.369 e. The summed E-state index contributed by atoms with van der Waals surface area (Å²) in [5.74, 6) is 2.31. The quantitative estimate of drug-likeness (QED) is 0.833. The number of thioether (sulfide) groups is 1. The molecule has 0 aliphatic carbocycles. The van der Waals surface area contributed by atoms with Crippen LogP contribution in [0.3, 0.4) is 0 Å². The van der Waals surface area contributed by atoms with E-state index in [4.69, 9.17) is 5.73 Å². The van der Waals surface area contributed by atoms with E-state index in [1.165, 1.54) is 6.07 Å². The number of aryl methyl sites for hydroxylation is 1. The van der Waals surface area contributed by atoms with Crippen molar-refractivity contribution in [2.45, 2.75) is 19.9 Å². The van der Waals surface area contributed by atoms with Gasteiger partial charge in [-0.3, -0.25) is 0 Å².